The summed E-state index contributed by atoms with van der Waals surface area (Å²) in [5, 5.41) is 0. The number of hydrogen-bond acceptors (Lipinski definition) is 2. The Hall–Kier alpha value is -1.42. The van der Waals surface area contributed by atoms with Crippen molar-refractivity contribution in [1.82, 2.24) is 9.38 Å². The molecule has 2 rings (SSSR count). The zero-order valence-electron chi connectivity index (χ0n) is 7.20. The summed E-state index contributed by atoms with van der Waals surface area (Å²) in [6.07, 6.45) is 3.51. The fourth-order valence-corrected chi connectivity index (χ4v) is 1.25. The summed E-state index contributed by atoms with van der Waals surface area (Å²) in [7, 11) is 1.58. The van der Waals surface area contributed by atoms with Crippen LogP contribution in [0, 0.1) is 5.82 Å². The Bertz CT molecular complexity index is 424. The van der Waals surface area contributed by atoms with Gasteiger partial charge in [0.1, 0.15) is 0 Å². The van der Waals surface area contributed by atoms with Gasteiger partial charge in [0.05, 0.1) is 12.3 Å². The molecule has 4 heteroatoms. The van der Waals surface area contributed by atoms with Crippen molar-refractivity contribution < 1.29 is 9.13 Å². The van der Waals surface area contributed by atoms with Crippen LogP contribution < -0.4 is 0 Å². The molecular formula is C9H9FN2O. The van der Waals surface area contributed by atoms with E-state index < -0.39 is 0 Å². The minimum Gasteiger partial charge on any atom is -0.378 e. The molecule has 2 aromatic rings. The predicted molar refractivity (Wildman–Crippen MR) is 45.9 cm³/mol. The number of ether oxygens (including phenoxy) is 1. The van der Waals surface area contributed by atoms with Gasteiger partial charge in [0.25, 0.3) is 0 Å². The molecule has 0 radical (unpaired) electrons. The molecule has 0 bridgehead atoms. The topological polar surface area (TPSA) is 26.5 Å². The van der Waals surface area contributed by atoms with Crippen LogP contribution in [0.2, 0.25) is 0 Å². The van der Waals surface area contributed by atoms with Crippen LogP contribution in [0.4, 0.5) is 4.39 Å². The molecule has 0 amide bonds. The second kappa shape index (κ2) is 3.14. The second-order valence-corrected chi connectivity index (χ2v) is 2.75. The summed E-state index contributed by atoms with van der Waals surface area (Å²) in [4.78, 5) is 4.06. The molecular weight excluding hydrogens is 171 g/mol. The highest BCUT2D eigenvalue weighted by Gasteiger charge is 2.04. The first kappa shape index (κ1) is 8.19. The van der Waals surface area contributed by atoms with Crippen LogP contribution in [0.1, 0.15) is 5.69 Å². The van der Waals surface area contributed by atoms with Gasteiger partial charge in [-0.3, -0.25) is 0 Å². The van der Waals surface area contributed by atoms with E-state index in [9.17, 15) is 4.39 Å². The van der Waals surface area contributed by atoms with Crippen molar-refractivity contribution in [1.29, 1.82) is 0 Å². The van der Waals surface area contributed by atoms with Gasteiger partial charge in [0, 0.05) is 19.5 Å². The van der Waals surface area contributed by atoms with Crippen LogP contribution in [0.5, 0.6) is 0 Å². The lowest BCUT2D eigenvalue weighted by Crippen LogP contribution is -1.86. The highest BCUT2D eigenvalue weighted by atomic mass is 19.1. The van der Waals surface area contributed by atoms with E-state index in [2.05, 4.69) is 4.98 Å². The van der Waals surface area contributed by atoms with E-state index in [0.717, 1.165) is 5.69 Å². The van der Waals surface area contributed by atoms with Gasteiger partial charge >= 0.3 is 0 Å². The normalized spacial score (nSPS) is 10.9. The summed E-state index contributed by atoms with van der Waals surface area (Å²) in [6, 6.07) is 3.03. The molecule has 3 nitrogen and oxygen atoms in total. The van der Waals surface area contributed by atoms with Gasteiger partial charge in [-0.1, -0.05) is 0 Å². The minimum atomic E-state index is -0.315. The maximum absolute atomic E-state index is 13.1. The molecule has 0 atom stereocenters. The summed E-state index contributed by atoms with van der Waals surface area (Å²) in [6.45, 7) is 0.404. The third-order valence-corrected chi connectivity index (χ3v) is 1.78. The molecule has 68 valence electrons. The highest BCUT2D eigenvalue weighted by Crippen LogP contribution is 2.09. The number of fused-ring (bicyclic) bond motifs is 1. The van der Waals surface area contributed by atoms with Crippen molar-refractivity contribution in [3.63, 3.8) is 0 Å². The molecule has 2 aromatic heterocycles. The van der Waals surface area contributed by atoms with E-state index in [1.165, 1.54) is 6.07 Å². The molecule has 0 unspecified atom stereocenters. The van der Waals surface area contributed by atoms with E-state index in [1.54, 1.807) is 30.0 Å². The number of hydrogen-bond donors (Lipinski definition) is 0. The first-order valence-electron chi connectivity index (χ1n) is 3.92. The van der Waals surface area contributed by atoms with Crippen molar-refractivity contribution in [2.24, 2.45) is 0 Å². The van der Waals surface area contributed by atoms with E-state index in [4.69, 9.17) is 4.74 Å². The number of rotatable bonds is 2. The largest absolute Gasteiger partial charge is 0.378 e. The Morgan fingerprint density at radius 3 is 3.15 bits per heavy atom. The second-order valence-electron chi connectivity index (χ2n) is 2.75. The molecule has 0 aliphatic heterocycles. The maximum Gasteiger partial charge on any atom is 0.173 e. The number of pyridine rings is 1. The smallest absolute Gasteiger partial charge is 0.173 e. The van der Waals surface area contributed by atoms with Crippen molar-refractivity contribution in [2.45, 2.75) is 6.61 Å². The lowest BCUT2D eigenvalue weighted by atomic mass is 10.4. The Morgan fingerprint density at radius 1 is 1.62 bits per heavy atom. The van der Waals surface area contributed by atoms with Crippen LogP contribution in [-0.4, -0.2) is 16.5 Å². The van der Waals surface area contributed by atoms with Crippen LogP contribution in [0.15, 0.2) is 24.5 Å². The Morgan fingerprint density at radius 2 is 2.46 bits per heavy atom. The third-order valence-electron chi connectivity index (χ3n) is 1.78. The molecule has 0 aliphatic rings. The van der Waals surface area contributed by atoms with Gasteiger partial charge in [-0.2, -0.15) is 0 Å². The SMILES string of the molecule is COCc1cn2cccc(F)c2n1. The molecule has 0 saturated heterocycles. The summed E-state index contributed by atoms with van der Waals surface area (Å²) in [5.41, 5.74) is 1.07. The number of aromatic nitrogens is 2. The van der Waals surface area contributed by atoms with Crippen molar-refractivity contribution in [3.05, 3.63) is 36.0 Å². The van der Waals surface area contributed by atoms with Gasteiger partial charge in [0.15, 0.2) is 11.5 Å². The van der Waals surface area contributed by atoms with Gasteiger partial charge < -0.3 is 9.14 Å². The Kier molecular flexibility index (Phi) is 1.98. The van der Waals surface area contributed by atoms with E-state index >= 15 is 0 Å². The molecule has 0 spiro atoms. The van der Waals surface area contributed by atoms with E-state index in [-0.39, 0.29) is 5.82 Å². The Balaban J connectivity index is 2.55. The van der Waals surface area contributed by atoms with Gasteiger partial charge in [-0.25, -0.2) is 9.37 Å². The van der Waals surface area contributed by atoms with E-state index in [0.29, 0.717) is 12.3 Å². The first-order chi connectivity index (χ1) is 6.31. The highest BCUT2D eigenvalue weighted by molar-refractivity contribution is 5.41. The molecule has 0 aliphatic carbocycles. The first-order valence-corrected chi connectivity index (χ1v) is 3.92. The monoisotopic (exact) mass is 180 g/mol. The van der Waals surface area contributed by atoms with Gasteiger partial charge in [0.2, 0.25) is 0 Å². The maximum atomic E-state index is 13.1. The summed E-state index contributed by atoms with van der Waals surface area (Å²) in [5.74, 6) is -0.315. The zero-order chi connectivity index (χ0) is 9.26. The fraction of sp³-hybridized carbons (Fsp3) is 0.222. The molecule has 0 N–H and O–H groups in total. The van der Waals surface area contributed by atoms with Gasteiger partial charge in [-0.15, -0.1) is 0 Å². The van der Waals surface area contributed by atoms with E-state index in [1.807, 2.05) is 0 Å². The van der Waals surface area contributed by atoms with Crippen LogP contribution in [0.3, 0.4) is 0 Å². The average Bonchev–Trinajstić information content (AvgIpc) is 2.49. The zero-order valence-corrected chi connectivity index (χ0v) is 7.20. The minimum absolute atomic E-state index is 0.315. The van der Waals surface area contributed by atoms with Gasteiger partial charge in [-0.05, 0) is 12.1 Å². The summed E-state index contributed by atoms with van der Waals surface area (Å²) >= 11 is 0. The third kappa shape index (κ3) is 1.40. The predicted octanol–water partition coefficient (Wildman–Crippen LogP) is 1.62. The lowest BCUT2D eigenvalue weighted by molar-refractivity contribution is 0.182. The average molecular weight is 180 g/mol. The standard InChI is InChI=1S/C9H9FN2O/c1-13-6-7-5-12-4-2-3-8(10)9(12)11-7/h2-5H,6H2,1H3. The van der Waals surface area contributed by atoms with Crippen LogP contribution in [-0.2, 0) is 11.3 Å². The summed E-state index contributed by atoms with van der Waals surface area (Å²) < 4.78 is 19.7. The number of nitrogens with zero attached hydrogens (tertiary/aromatic N) is 2. The van der Waals surface area contributed by atoms with Crippen molar-refractivity contribution in [3.8, 4) is 0 Å². The number of methoxy groups -OCH3 is 1. The van der Waals surface area contributed by atoms with Crippen molar-refractivity contribution >= 4 is 5.65 Å². The fourth-order valence-electron chi connectivity index (χ4n) is 1.25. The molecule has 0 fully saturated rings. The van der Waals surface area contributed by atoms with Crippen molar-refractivity contribution in [2.75, 3.05) is 7.11 Å². The quantitative estimate of drug-likeness (QED) is 0.702. The molecule has 0 saturated carbocycles. The lowest BCUT2D eigenvalue weighted by Gasteiger charge is -1.90. The number of imidazole rings is 1. The molecule has 13 heavy (non-hydrogen) atoms. The molecule has 0 aromatic carbocycles. The Labute approximate surface area is 74.8 Å². The number of halogens is 1. The van der Waals surface area contributed by atoms with Crippen LogP contribution >= 0.6 is 0 Å². The molecule has 2 heterocycles. The van der Waals surface area contributed by atoms with Crippen LogP contribution in [0.25, 0.3) is 5.65 Å².